The topological polar surface area (TPSA) is 45.7 Å². The normalized spacial score (nSPS) is 29.8. The van der Waals surface area contributed by atoms with Crippen molar-refractivity contribution in [1.29, 1.82) is 0 Å². The summed E-state index contributed by atoms with van der Waals surface area (Å²) in [5, 5.41) is 7.09. The minimum atomic E-state index is 0. The number of guanidine groups is 1. The summed E-state index contributed by atoms with van der Waals surface area (Å²) >= 11 is 1.86. The van der Waals surface area contributed by atoms with Gasteiger partial charge in [0.1, 0.15) is 0 Å². The van der Waals surface area contributed by atoms with Crippen LogP contribution in [0.1, 0.15) is 47.5 Å². The average Bonchev–Trinajstić information content (AvgIpc) is 2.50. The fraction of sp³-hybridized carbons (Fsp3) is 0.941. The van der Waals surface area contributed by atoms with Crippen molar-refractivity contribution >= 4 is 41.7 Å². The van der Waals surface area contributed by atoms with Gasteiger partial charge in [0.15, 0.2) is 5.96 Å². The number of aliphatic imine (C=N–C) groups is 1. The first-order chi connectivity index (χ1) is 10.3. The molecule has 0 spiro atoms. The number of hydrogen-bond donors (Lipinski definition) is 2. The van der Waals surface area contributed by atoms with E-state index in [0.29, 0.717) is 18.1 Å². The summed E-state index contributed by atoms with van der Waals surface area (Å²) in [6.45, 7) is 13.9. The van der Waals surface area contributed by atoms with Crippen molar-refractivity contribution in [3.8, 4) is 0 Å². The molecule has 1 aliphatic carbocycles. The molecule has 0 aromatic heterocycles. The largest absolute Gasteiger partial charge is 0.377 e. The van der Waals surface area contributed by atoms with Gasteiger partial charge in [0, 0.05) is 35.3 Å². The van der Waals surface area contributed by atoms with Crippen molar-refractivity contribution in [3.63, 3.8) is 0 Å². The van der Waals surface area contributed by atoms with Crippen molar-refractivity contribution in [2.45, 2.75) is 64.4 Å². The SMILES string of the molecule is CCNC(=NCC(C)(C)SC)NC1C2CCCOC2C1(C)C.I. The third kappa shape index (κ3) is 4.91. The summed E-state index contributed by atoms with van der Waals surface area (Å²) in [6, 6.07) is 0.452. The Morgan fingerprint density at radius 2 is 2.09 bits per heavy atom. The highest BCUT2D eigenvalue weighted by Crippen LogP contribution is 2.51. The number of thioether (sulfide) groups is 1. The summed E-state index contributed by atoms with van der Waals surface area (Å²) in [7, 11) is 0. The van der Waals surface area contributed by atoms with E-state index in [9.17, 15) is 0 Å². The Kier molecular flexibility index (Phi) is 7.99. The summed E-state index contributed by atoms with van der Waals surface area (Å²) < 4.78 is 6.17. The predicted molar refractivity (Wildman–Crippen MR) is 112 cm³/mol. The Labute approximate surface area is 163 Å². The number of nitrogens with zero attached hydrogens (tertiary/aromatic N) is 1. The van der Waals surface area contributed by atoms with Crippen molar-refractivity contribution in [1.82, 2.24) is 10.6 Å². The first kappa shape index (κ1) is 21.4. The van der Waals surface area contributed by atoms with Crippen molar-refractivity contribution in [2.24, 2.45) is 16.3 Å². The Balaban J connectivity index is 0.00000264. The van der Waals surface area contributed by atoms with Crippen LogP contribution >= 0.6 is 35.7 Å². The van der Waals surface area contributed by atoms with Crippen LogP contribution in [0.15, 0.2) is 4.99 Å². The third-order valence-corrected chi connectivity index (χ3v) is 6.37. The minimum absolute atomic E-state index is 0. The number of ether oxygens (including phenoxy) is 1. The lowest BCUT2D eigenvalue weighted by atomic mass is 9.55. The highest BCUT2D eigenvalue weighted by Gasteiger charge is 2.58. The highest BCUT2D eigenvalue weighted by atomic mass is 127. The Hall–Kier alpha value is 0.310. The van der Waals surface area contributed by atoms with E-state index >= 15 is 0 Å². The van der Waals surface area contributed by atoms with Crippen LogP contribution in [0, 0.1) is 11.3 Å². The van der Waals surface area contributed by atoms with Crippen LogP contribution < -0.4 is 10.6 Å². The van der Waals surface area contributed by atoms with Gasteiger partial charge in [-0.25, -0.2) is 0 Å². The number of hydrogen-bond acceptors (Lipinski definition) is 3. The van der Waals surface area contributed by atoms with Crippen LogP contribution in [0.2, 0.25) is 0 Å². The molecular formula is C17H34IN3OS. The van der Waals surface area contributed by atoms with E-state index in [1.54, 1.807) is 0 Å². The molecule has 2 aliphatic rings. The molecule has 136 valence electrons. The molecule has 1 saturated carbocycles. The van der Waals surface area contributed by atoms with E-state index < -0.39 is 0 Å². The van der Waals surface area contributed by atoms with Crippen molar-refractivity contribution in [3.05, 3.63) is 0 Å². The lowest BCUT2D eigenvalue weighted by Gasteiger charge is -2.60. The van der Waals surface area contributed by atoms with Crippen molar-refractivity contribution in [2.75, 3.05) is 26.0 Å². The quantitative estimate of drug-likeness (QED) is 0.379. The van der Waals surface area contributed by atoms with E-state index in [1.807, 2.05) is 11.8 Å². The summed E-state index contributed by atoms with van der Waals surface area (Å²) in [4.78, 5) is 4.81. The standard InChI is InChI=1S/C17H33N3OS.HI/c1-7-18-15(19-11-16(2,3)22-6)20-13-12-9-8-10-21-14(12)17(13,4)5;/h12-14H,7-11H2,1-6H3,(H2,18,19,20);1H. The van der Waals surface area contributed by atoms with Crippen molar-refractivity contribution < 1.29 is 4.74 Å². The minimum Gasteiger partial charge on any atom is -0.377 e. The maximum absolute atomic E-state index is 5.99. The molecular weight excluding hydrogens is 421 g/mol. The molecule has 0 radical (unpaired) electrons. The van der Waals surface area contributed by atoms with Gasteiger partial charge in [-0.15, -0.1) is 24.0 Å². The number of rotatable bonds is 5. The fourth-order valence-electron chi connectivity index (χ4n) is 3.62. The predicted octanol–water partition coefficient (Wildman–Crippen LogP) is 3.50. The fourth-order valence-corrected chi connectivity index (χ4v) is 3.81. The summed E-state index contributed by atoms with van der Waals surface area (Å²) in [5.74, 6) is 1.58. The average molecular weight is 455 g/mol. The van der Waals surface area contributed by atoms with Crippen LogP contribution in [0.25, 0.3) is 0 Å². The first-order valence-electron chi connectivity index (χ1n) is 8.53. The first-order valence-corrected chi connectivity index (χ1v) is 9.76. The molecule has 4 nitrogen and oxygen atoms in total. The smallest absolute Gasteiger partial charge is 0.191 e. The lowest BCUT2D eigenvalue weighted by molar-refractivity contribution is -0.188. The van der Waals surface area contributed by atoms with E-state index in [4.69, 9.17) is 9.73 Å². The van der Waals surface area contributed by atoms with Crippen LogP contribution in [0.3, 0.4) is 0 Å². The molecule has 3 atom stereocenters. The molecule has 2 rings (SSSR count). The molecule has 2 N–H and O–H groups in total. The maximum Gasteiger partial charge on any atom is 0.191 e. The van der Waals surface area contributed by atoms with Gasteiger partial charge in [-0.1, -0.05) is 13.8 Å². The Morgan fingerprint density at radius 1 is 1.39 bits per heavy atom. The molecule has 0 bridgehead atoms. The van der Waals surface area contributed by atoms with Gasteiger partial charge < -0.3 is 15.4 Å². The van der Waals surface area contributed by atoms with E-state index in [0.717, 1.165) is 25.7 Å². The molecule has 3 unspecified atom stereocenters. The zero-order valence-electron chi connectivity index (χ0n) is 15.4. The molecule has 0 aromatic carbocycles. The molecule has 2 fully saturated rings. The second kappa shape index (κ2) is 8.61. The maximum atomic E-state index is 5.99. The monoisotopic (exact) mass is 455 g/mol. The van der Waals surface area contributed by atoms with Gasteiger partial charge in [-0.3, -0.25) is 4.99 Å². The summed E-state index contributed by atoms with van der Waals surface area (Å²) in [6.07, 6.45) is 5.00. The van der Waals surface area contributed by atoms with Gasteiger partial charge in [-0.2, -0.15) is 11.8 Å². The van der Waals surface area contributed by atoms with Crippen LogP contribution in [0.4, 0.5) is 0 Å². The Bertz CT molecular complexity index is 415. The van der Waals surface area contributed by atoms with Gasteiger partial charge in [0.05, 0.1) is 12.6 Å². The number of halogens is 1. The van der Waals surface area contributed by atoms with E-state index in [1.165, 1.54) is 12.8 Å². The van der Waals surface area contributed by atoms with E-state index in [-0.39, 0.29) is 34.1 Å². The molecule has 0 aromatic rings. The zero-order valence-corrected chi connectivity index (χ0v) is 18.6. The molecule has 6 heteroatoms. The molecule has 1 heterocycles. The number of nitrogens with one attached hydrogen (secondary N) is 2. The van der Waals surface area contributed by atoms with Gasteiger partial charge >= 0.3 is 0 Å². The lowest BCUT2D eigenvalue weighted by Crippen LogP contribution is -2.71. The Morgan fingerprint density at radius 3 is 2.70 bits per heavy atom. The van der Waals surface area contributed by atoms with E-state index in [2.05, 4.69) is 51.5 Å². The zero-order chi connectivity index (χ0) is 16.4. The number of fused-ring (bicyclic) bond motifs is 1. The second-order valence-corrected chi connectivity index (χ2v) is 9.21. The molecule has 23 heavy (non-hydrogen) atoms. The van der Waals surface area contributed by atoms with Gasteiger partial charge in [-0.05, 0) is 39.9 Å². The molecule has 1 aliphatic heterocycles. The third-order valence-electron chi connectivity index (χ3n) is 5.14. The molecule has 1 saturated heterocycles. The van der Waals surface area contributed by atoms with Gasteiger partial charge in [0.2, 0.25) is 0 Å². The van der Waals surface area contributed by atoms with Crippen LogP contribution in [0.5, 0.6) is 0 Å². The second-order valence-electron chi connectivity index (χ2n) is 7.70. The highest BCUT2D eigenvalue weighted by molar-refractivity contribution is 14.0. The van der Waals surface area contributed by atoms with Crippen LogP contribution in [-0.2, 0) is 4.74 Å². The molecule has 0 amide bonds. The summed E-state index contributed by atoms with van der Waals surface area (Å²) in [5.41, 5.74) is 0.177. The van der Waals surface area contributed by atoms with Crippen LogP contribution in [-0.4, -0.2) is 48.8 Å². The van der Waals surface area contributed by atoms with Gasteiger partial charge in [0.25, 0.3) is 0 Å².